The van der Waals surface area contributed by atoms with Gasteiger partial charge >= 0.3 is 0 Å². The van der Waals surface area contributed by atoms with Gasteiger partial charge in [-0.15, -0.1) is 0 Å². The van der Waals surface area contributed by atoms with Gasteiger partial charge in [0.2, 0.25) is 5.91 Å². The second-order valence-electron chi connectivity index (χ2n) is 4.85. The van der Waals surface area contributed by atoms with Crippen LogP contribution in [0.3, 0.4) is 0 Å². The predicted molar refractivity (Wildman–Crippen MR) is 60.6 cm³/mol. The van der Waals surface area contributed by atoms with E-state index in [1.807, 2.05) is 4.90 Å². The molecule has 1 amide bonds. The molecule has 1 heterocycles. The highest BCUT2D eigenvalue weighted by atomic mass is 16.2. The lowest BCUT2D eigenvalue weighted by Gasteiger charge is -2.30. The van der Waals surface area contributed by atoms with E-state index in [-0.39, 0.29) is 5.91 Å². The molecule has 0 aromatic carbocycles. The van der Waals surface area contributed by atoms with E-state index in [0.717, 1.165) is 25.6 Å². The minimum atomic E-state index is 0.289. The first-order chi connectivity index (χ1) is 7.36. The number of hydrogen-bond acceptors (Lipinski definition) is 2. The number of nitrogens with zero attached hydrogens (tertiary/aromatic N) is 1. The monoisotopic (exact) mass is 210 g/mol. The molecular formula is C12H22N2O. The Kier molecular flexibility index (Phi) is 4.01. The maximum atomic E-state index is 11.5. The molecule has 2 fully saturated rings. The molecule has 0 unspecified atom stereocenters. The molecule has 0 atom stereocenters. The van der Waals surface area contributed by atoms with E-state index >= 15 is 0 Å². The molecule has 86 valence electrons. The highest BCUT2D eigenvalue weighted by molar-refractivity contribution is 5.78. The maximum absolute atomic E-state index is 11.5. The zero-order valence-electron chi connectivity index (χ0n) is 9.50. The zero-order valence-corrected chi connectivity index (χ0v) is 9.50. The van der Waals surface area contributed by atoms with Crippen molar-refractivity contribution in [3.63, 3.8) is 0 Å². The van der Waals surface area contributed by atoms with Crippen molar-refractivity contribution < 1.29 is 4.79 Å². The smallest absolute Gasteiger partial charge is 0.236 e. The summed E-state index contributed by atoms with van der Waals surface area (Å²) in [4.78, 5) is 13.6. The van der Waals surface area contributed by atoms with Gasteiger partial charge in [-0.1, -0.05) is 32.1 Å². The molecule has 2 rings (SSSR count). The van der Waals surface area contributed by atoms with Crippen molar-refractivity contribution in [2.24, 2.45) is 5.92 Å². The van der Waals surface area contributed by atoms with Crippen LogP contribution in [-0.4, -0.2) is 37.0 Å². The molecule has 0 aromatic rings. The summed E-state index contributed by atoms with van der Waals surface area (Å²) in [7, 11) is 0. The van der Waals surface area contributed by atoms with Gasteiger partial charge in [0.1, 0.15) is 0 Å². The fourth-order valence-corrected chi connectivity index (χ4v) is 2.70. The van der Waals surface area contributed by atoms with Crippen LogP contribution >= 0.6 is 0 Å². The zero-order chi connectivity index (χ0) is 10.5. The summed E-state index contributed by atoms with van der Waals surface area (Å²) >= 11 is 0. The van der Waals surface area contributed by atoms with Gasteiger partial charge in [0.25, 0.3) is 0 Å². The van der Waals surface area contributed by atoms with E-state index in [9.17, 15) is 4.79 Å². The van der Waals surface area contributed by atoms with Crippen molar-refractivity contribution >= 4 is 5.91 Å². The van der Waals surface area contributed by atoms with Crippen LogP contribution in [0, 0.1) is 5.92 Å². The second kappa shape index (κ2) is 5.50. The number of amides is 1. The Labute approximate surface area is 92.2 Å². The molecule has 3 heteroatoms. The van der Waals surface area contributed by atoms with Gasteiger partial charge in [-0.25, -0.2) is 0 Å². The Bertz CT molecular complexity index is 212. The highest BCUT2D eigenvalue weighted by Gasteiger charge is 2.19. The Morgan fingerprint density at radius 2 is 2.07 bits per heavy atom. The molecule has 1 saturated heterocycles. The van der Waals surface area contributed by atoms with E-state index in [2.05, 4.69) is 5.32 Å². The third-order valence-electron chi connectivity index (χ3n) is 3.72. The van der Waals surface area contributed by atoms with Crippen LogP contribution in [0.4, 0.5) is 0 Å². The second-order valence-corrected chi connectivity index (χ2v) is 4.85. The first-order valence-electron chi connectivity index (χ1n) is 6.35. The van der Waals surface area contributed by atoms with Crippen molar-refractivity contribution in [3.05, 3.63) is 0 Å². The standard InChI is InChI=1S/C12H22N2O/c15-12-10-13-7-9-14(12)8-6-11-4-2-1-3-5-11/h11,13H,1-10H2. The van der Waals surface area contributed by atoms with Gasteiger partial charge in [-0.05, 0) is 12.3 Å². The lowest BCUT2D eigenvalue weighted by atomic mass is 9.87. The van der Waals surface area contributed by atoms with Crippen LogP contribution in [-0.2, 0) is 4.79 Å². The van der Waals surface area contributed by atoms with Crippen molar-refractivity contribution in [1.29, 1.82) is 0 Å². The highest BCUT2D eigenvalue weighted by Crippen LogP contribution is 2.26. The minimum absolute atomic E-state index is 0.289. The van der Waals surface area contributed by atoms with E-state index in [0.29, 0.717) is 6.54 Å². The average molecular weight is 210 g/mol. The molecule has 2 aliphatic rings. The van der Waals surface area contributed by atoms with E-state index in [1.165, 1.54) is 38.5 Å². The third kappa shape index (κ3) is 3.20. The molecule has 0 aromatic heterocycles. The van der Waals surface area contributed by atoms with Crippen LogP contribution in [0.2, 0.25) is 0 Å². The van der Waals surface area contributed by atoms with Gasteiger partial charge in [0.15, 0.2) is 0 Å². The Hall–Kier alpha value is -0.570. The predicted octanol–water partition coefficient (Wildman–Crippen LogP) is 1.39. The Morgan fingerprint density at radius 3 is 2.80 bits per heavy atom. The number of hydrogen-bond donors (Lipinski definition) is 1. The van der Waals surface area contributed by atoms with Crippen LogP contribution < -0.4 is 5.32 Å². The van der Waals surface area contributed by atoms with Gasteiger partial charge < -0.3 is 10.2 Å². The summed E-state index contributed by atoms with van der Waals surface area (Å²) in [6.45, 7) is 3.41. The number of nitrogens with one attached hydrogen (secondary N) is 1. The SMILES string of the molecule is O=C1CNCCN1CCC1CCCCC1. The fraction of sp³-hybridized carbons (Fsp3) is 0.917. The van der Waals surface area contributed by atoms with Crippen molar-refractivity contribution in [1.82, 2.24) is 10.2 Å². The molecule has 1 aliphatic heterocycles. The fourth-order valence-electron chi connectivity index (χ4n) is 2.70. The maximum Gasteiger partial charge on any atom is 0.236 e. The number of piperazine rings is 1. The topological polar surface area (TPSA) is 32.3 Å². The number of rotatable bonds is 3. The first-order valence-corrected chi connectivity index (χ1v) is 6.35. The molecule has 0 spiro atoms. The molecule has 1 saturated carbocycles. The molecule has 0 bridgehead atoms. The van der Waals surface area contributed by atoms with E-state index in [1.54, 1.807) is 0 Å². The summed E-state index contributed by atoms with van der Waals surface area (Å²) in [6, 6.07) is 0. The Morgan fingerprint density at radius 1 is 1.27 bits per heavy atom. The van der Waals surface area contributed by atoms with E-state index < -0.39 is 0 Å². The third-order valence-corrected chi connectivity index (χ3v) is 3.72. The van der Waals surface area contributed by atoms with Gasteiger partial charge in [0, 0.05) is 19.6 Å². The number of carbonyl (C=O) groups is 1. The van der Waals surface area contributed by atoms with Crippen LogP contribution in [0.15, 0.2) is 0 Å². The number of carbonyl (C=O) groups excluding carboxylic acids is 1. The van der Waals surface area contributed by atoms with Crippen LogP contribution in [0.1, 0.15) is 38.5 Å². The van der Waals surface area contributed by atoms with Gasteiger partial charge in [-0.3, -0.25) is 4.79 Å². The van der Waals surface area contributed by atoms with E-state index in [4.69, 9.17) is 0 Å². The molecule has 0 radical (unpaired) electrons. The molecular weight excluding hydrogens is 188 g/mol. The quantitative estimate of drug-likeness (QED) is 0.763. The molecule has 1 N–H and O–H groups in total. The van der Waals surface area contributed by atoms with Crippen molar-refractivity contribution in [2.45, 2.75) is 38.5 Å². The van der Waals surface area contributed by atoms with Crippen molar-refractivity contribution in [2.75, 3.05) is 26.2 Å². The molecule has 1 aliphatic carbocycles. The lowest BCUT2D eigenvalue weighted by molar-refractivity contribution is -0.132. The summed E-state index contributed by atoms with van der Waals surface area (Å²) in [5.41, 5.74) is 0. The first kappa shape index (κ1) is 10.9. The summed E-state index contributed by atoms with van der Waals surface area (Å²) in [5.74, 6) is 1.18. The largest absolute Gasteiger partial charge is 0.340 e. The lowest BCUT2D eigenvalue weighted by Crippen LogP contribution is -2.48. The Balaban J connectivity index is 1.69. The normalized spacial score (nSPS) is 24.5. The summed E-state index contributed by atoms with van der Waals surface area (Å²) in [5, 5.41) is 3.11. The molecule has 15 heavy (non-hydrogen) atoms. The van der Waals surface area contributed by atoms with Crippen LogP contribution in [0.25, 0.3) is 0 Å². The summed E-state index contributed by atoms with van der Waals surface area (Å²) in [6.07, 6.45) is 8.23. The van der Waals surface area contributed by atoms with Gasteiger partial charge in [0.05, 0.1) is 6.54 Å². The van der Waals surface area contributed by atoms with Crippen LogP contribution in [0.5, 0.6) is 0 Å². The summed E-state index contributed by atoms with van der Waals surface area (Å²) < 4.78 is 0. The van der Waals surface area contributed by atoms with Gasteiger partial charge in [-0.2, -0.15) is 0 Å². The minimum Gasteiger partial charge on any atom is -0.340 e. The molecule has 3 nitrogen and oxygen atoms in total. The average Bonchev–Trinajstić information content (AvgIpc) is 2.29. The van der Waals surface area contributed by atoms with Crippen molar-refractivity contribution in [3.8, 4) is 0 Å².